The monoisotopic (exact) mass is 503 g/mol. The molecule has 1 aromatic heterocycles. The van der Waals surface area contributed by atoms with Crippen LogP contribution in [0, 0.1) is 19.7 Å². The Kier molecular flexibility index (Phi) is 7.35. The van der Waals surface area contributed by atoms with Crippen molar-refractivity contribution in [3.8, 4) is 5.69 Å². The number of hydrogen-bond donors (Lipinski definition) is 1. The lowest BCUT2D eigenvalue weighted by molar-refractivity contribution is 0.0942. The van der Waals surface area contributed by atoms with Gasteiger partial charge in [0.25, 0.3) is 11.5 Å². The lowest BCUT2D eigenvalue weighted by atomic mass is 10.0. The van der Waals surface area contributed by atoms with Gasteiger partial charge >= 0.3 is 0 Å². The summed E-state index contributed by atoms with van der Waals surface area (Å²) >= 11 is 1.13. The van der Waals surface area contributed by atoms with Crippen molar-refractivity contribution in [2.75, 3.05) is 5.75 Å². The highest BCUT2D eigenvalue weighted by atomic mass is 32.2. The average Bonchev–Trinajstić information content (AvgIpc) is 2.84. The minimum Gasteiger partial charge on any atom is -0.350 e. The summed E-state index contributed by atoms with van der Waals surface area (Å²) < 4.78 is 15.0. The van der Waals surface area contributed by atoms with Crippen molar-refractivity contribution < 1.29 is 14.0 Å². The van der Waals surface area contributed by atoms with Gasteiger partial charge in [0.15, 0.2) is 10.9 Å². The third kappa shape index (κ3) is 5.39. The van der Waals surface area contributed by atoms with E-state index in [0.29, 0.717) is 27.7 Å². The minimum atomic E-state index is -0.430. The van der Waals surface area contributed by atoms with Crippen LogP contribution in [0.25, 0.3) is 16.6 Å². The summed E-state index contributed by atoms with van der Waals surface area (Å²) in [4.78, 5) is 43.8. The Hall–Kier alpha value is -3.78. The van der Waals surface area contributed by atoms with Crippen LogP contribution in [-0.4, -0.2) is 33.0 Å². The van der Waals surface area contributed by atoms with Gasteiger partial charge in [-0.3, -0.25) is 19.0 Å². The van der Waals surface area contributed by atoms with Crippen molar-refractivity contribution >= 4 is 34.4 Å². The van der Waals surface area contributed by atoms with Gasteiger partial charge in [-0.05, 0) is 81.8 Å². The zero-order valence-corrected chi connectivity index (χ0v) is 21.3. The molecule has 0 aliphatic rings. The summed E-state index contributed by atoms with van der Waals surface area (Å²) in [6.45, 7) is 7.53. The molecular formula is C28H26FN3O3S. The maximum atomic E-state index is 13.6. The van der Waals surface area contributed by atoms with Crippen LogP contribution in [0.1, 0.15) is 45.7 Å². The highest BCUT2D eigenvalue weighted by Gasteiger charge is 2.18. The predicted molar refractivity (Wildman–Crippen MR) is 141 cm³/mol. The van der Waals surface area contributed by atoms with Crippen molar-refractivity contribution in [3.63, 3.8) is 0 Å². The highest BCUT2D eigenvalue weighted by Crippen LogP contribution is 2.24. The van der Waals surface area contributed by atoms with E-state index in [1.54, 1.807) is 18.2 Å². The molecule has 0 atom stereocenters. The number of ketones is 1. The smallest absolute Gasteiger partial charge is 0.266 e. The number of carbonyl (C=O) groups is 2. The van der Waals surface area contributed by atoms with Crippen LogP contribution < -0.4 is 10.9 Å². The standard InChI is InChI=1S/C28H26FN3O3S/c1-16(2)30-26(34)19-7-12-22-24(14-19)31-28(32(27(22)35)21-10-8-20(29)9-11-21)36-15-25(33)23-13-17(3)5-6-18(23)4/h5-14,16H,15H2,1-4H3,(H,30,34). The molecule has 0 bridgehead atoms. The first-order valence-corrected chi connectivity index (χ1v) is 12.5. The maximum absolute atomic E-state index is 13.6. The molecule has 36 heavy (non-hydrogen) atoms. The van der Waals surface area contributed by atoms with Gasteiger partial charge in [-0.15, -0.1) is 0 Å². The number of fused-ring (bicyclic) bond motifs is 1. The number of carbonyl (C=O) groups excluding carboxylic acids is 2. The zero-order chi connectivity index (χ0) is 26.0. The quantitative estimate of drug-likeness (QED) is 0.212. The molecule has 1 N–H and O–H groups in total. The fraction of sp³-hybridized carbons (Fsp3) is 0.214. The molecule has 0 spiro atoms. The van der Waals surface area contributed by atoms with Crippen LogP contribution in [0.15, 0.2) is 70.6 Å². The molecular weight excluding hydrogens is 477 g/mol. The van der Waals surface area contributed by atoms with Gasteiger partial charge in [-0.2, -0.15) is 0 Å². The molecule has 0 aliphatic carbocycles. The number of thioether (sulfide) groups is 1. The van der Waals surface area contributed by atoms with Gasteiger partial charge in [-0.25, -0.2) is 9.37 Å². The van der Waals surface area contributed by atoms with Gasteiger partial charge in [0.2, 0.25) is 0 Å². The van der Waals surface area contributed by atoms with E-state index in [9.17, 15) is 18.8 Å². The third-order valence-corrected chi connectivity index (χ3v) is 6.57. The largest absolute Gasteiger partial charge is 0.350 e. The molecule has 1 heterocycles. The summed E-state index contributed by atoms with van der Waals surface area (Å²) in [5.41, 5.74) is 3.25. The third-order valence-electron chi connectivity index (χ3n) is 5.63. The number of hydrogen-bond acceptors (Lipinski definition) is 5. The van der Waals surface area contributed by atoms with Crippen LogP contribution >= 0.6 is 11.8 Å². The van der Waals surface area contributed by atoms with Crippen molar-refractivity contribution in [1.29, 1.82) is 0 Å². The van der Waals surface area contributed by atoms with Crippen LogP contribution in [0.4, 0.5) is 4.39 Å². The first-order chi connectivity index (χ1) is 17.1. The molecule has 6 nitrogen and oxygen atoms in total. The van der Waals surface area contributed by atoms with Gasteiger partial charge in [-0.1, -0.05) is 29.5 Å². The van der Waals surface area contributed by atoms with E-state index < -0.39 is 5.82 Å². The number of benzene rings is 3. The zero-order valence-electron chi connectivity index (χ0n) is 20.5. The average molecular weight is 504 g/mol. The number of nitrogens with zero attached hydrogens (tertiary/aromatic N) is 2. The molecule has 184 valence electrons. The van der Waals surface area contributed by atoms with Crippen LogP contribution in [-0.2, 0) is 0 Å². The Bertz CT molecular complexity index is 1530. The van der Waals surface area contributed by atoms with E-state index >= 15 is 0 Å². The summed E-state index contributed by atoms with van der Waals surface area (Å²) in [6.07, 6.45) is 0. The van der Waals surface area contributed by atoms with E-state index in [1.807, 2.05) is 45.9 Å². The van der Waals surface area contributed by atoms with Gasteiger partial charge in [0, 0.05) is 17.2 Å². The molecule has 8 heteroatoms. The first kappa shape index (κ1) is 25.3. The molecule has 3 aromatic carbocycles. The Balaban J connectivity index is 1.79. The fourth-order valence-electron chi connectivity index (χ4n) is 3.81. The van der Waals surface area contributed by atoms with Crippen molar-refractivity contribution in [1.82, 2.24) is 14.9 Å². The number of rotatable bonds is 7. The number of amides is 1. The summed E-state index contributed by atoms with van der Waals surface area (Å²) in [5, 5.41) is 3.42. The number of nitrogens with one attached hydrogen (secondary N) is 1. The van der Waals surface area contributed by atoms with E-state index in [4.69, 9.17) is 0 Å². The van der Waals surface area contributed by atoms with Gasteiger partial charge in [0.05, 0.1) is 22.3 Å². The molecule has 1 amide bonds. The minimum absolute atomic E-state index is 0.0464. The lowest BCUT2D eigenvalue weighted by Gasteiger charge is -2.14. The number of aromatic nitrogens is 2. The van der Waals surface area contributed by atoms with Crippen molar-refractivity contribution in [2.24, 2.45) is 0 Å². The Morgan fingerprint density at radius 2 is 1.75 bits per heavy atom. The summed E-state index contributed by atoms with van der Waals surface area (Å²) in [6, 6.07) is 15.9. The summed E-state index contributed by atoms with van der Waals surface area (Å²) in [5.74, 6) is -0.737. The van der Waals surface area contributed by atoms with Crippen LogP contribution in [0.2, 0.25) is 0 Å². The summed E-state index contributed by atoms with van der Waals surface area (Å²) in [7, 11) is 0. The number of halogens is 1. The highest BCUT2D eigenvalue weighted by molar-refractivity contribution is 7.99. The molecule has 0 radical (unpaired) electrons. The van der Waals surface area contributed by atoms with Crippen molar-refractivity contribution in [2.45, 2.75) is 38.9 Å². The molecule has 0 unspecified atom stereocenters. The van der Waals surface area contributed by atoms with Crippen LogP contribution in [0.3, 0.4) is 0 Å². The first-order valence-electron chi connectivity index (χ1n) is 11.5. The molecule has 0 saturated carbocycles. The molecule has 0 fully saturated rings. The van der Waals surface area contributed by atoms with Gasteiger partial charge in [0.1, 0.15) is 5.82 Å². The normalized spacial score (nSPS) is 11.2. The Morgan fingerprint density at radius 3 is 2.44 bits per heavy atom. The maximum Gasteiger partial charge on any atom is 0.266 e. The van der Waals surface area contributed by atoms with Gasteiger partial charge < -0.3 is 5.32 Å². The predicted octanol–water partition coefficient (Wildman–Crippen LogP) is 5.25. The van der Waals surface area contributed by atoms with E-state index in [0.717, 1.165) is 22.9 Å². The van der Waals surface area contributed by atoms with E-state index in [2.05, 4.69) is 10.3 Å². The second-order valence-electron chi connectivity index (χ2n) is 8.90. The Morgan fingerprint density at radius 1 is 1.03 bits per heavy atom. The number of Topliss-reactive ketones (excluding diaryl/α,β-unsaturated/α-hetero) is 1. The topological polar surface area (TPSA) is 81.1 Å². The second kappa shape index (κ2) is 10.5. The Labute approximate surface area is 212 Å². The van der Waals surface area contributed by atoms with Crippen LogP contribution in [0.5, 0.6) is 0 Å². The lowest BCUT2D eigenvalue weighted by Crippen LogP contribution is -2.30. The van der Waals surface area contributed by atoms with Crippen molar-refractivity contribution in [3.05, 3.63) is 99.1 Å². The van der Waals surface area contributed by atoms with E-state index in [-0.39, 0.29) is 34.2 Å². The molecule has 0 saturated heterocycles. The molecule has 0 aliphatic heterocycles. The SMILES string of the molecule is Cc1ccc(C)c(C(=O)CSc2nc3cc(C(=O)NC(C)C)ccc3c(=O)n2-c2ccc(F)cc2)c1. The second-order valence-corrected chi connectivity index (χ2v) is 9.84. The number of aryl methyl sites for hydroxylation is 2. The molecule has 4 rings (SSSR count). The molecule has 4 aromatic rings. The van der Waals surface area contributed by atoms with E-state index in [1.165, 1.54) is 28.8 Å². The fourth-order valence-corrected chi connectivity index (χ4v) is 4.71.